The highest BCUT2D eigenvalue weighted by molar-refractivity contribution is 7.98. The van der Waals surface area contributed by atoms with Gasteiger partial charge in [-0.05, 0) is 43.5 Å². The largest absolute Gasteiger partial charge is 0.448 e. The minimum absolute atomic E-state index is 0.230. The predicted molar refractivity (Wildman–Crippen MR) is 161 cm³/mol. The maximum Gasteiger partial charge on any atom is 0.420 e. The van der Waals surface area contributed by atoms with Crippen molar-refractivity contribution in [1.29, 1.82) is 0 Å². The molecule has 1 fully saturated rings. The van der Waals surface area contributed by atoms with Crippen LogP contribution < -0.4 is 4.90 Å². The summed E-state index contributed by atoms with van der Waals surface area (Å²) in [6, 6.07) is 18.2. The van der Waals surface area contributed by atoms with Crippen molar-refractivity contribution < 1.29 is 9.53 Å². The number of hydrogen-bond donors (Lipinski definition) is 0. The number of piperazine rings is 1. The molecule has 5 rings (SSSR count). The van der Waals surface area contributed by atoms with Gasteiger partial charge in [-0.3, -0.25) is 4.90 Å². The Morgan fingerprint density at radius 1 is 1.07 bits per heavy atom. The van der Waals surface area contributed by atoms with E-state index in [4.69, 9.17) is 19.8 Å². The van der Waals surface area contributed by atoms with E-state index in [1.165, 1.54) is 17.3 Å². The van der Waals surface area contributed by atoms with E-state index >= 15 is 0 Å². The summed E-state index contributed by atoms with van der Waals surface area (Å²) in [5.41, 5.74) is 3.66. The molecule has 1 amide bonds. The fourth-order valence-electron chi connectivity index (χ4n) is 4.94. The first kappa shape index (κ1) is 28.1. The van der Waals surface area contributed by atoms with Crippen LogP contribution in [0.4, 0.5) is 16.3 Å². The first-order valence-corrected chi connectivity index (χ1v) is 14.9. The van der Waals surface area contributed by atoms with Crippen molar-refractivity contribution in [3.05, 3.63) is 71.9 Å². The Morgan fingerprint density at radius 3 is 2.58 bits per heavy atom. The van der Waals surface area contributed by atoms with Crippen LogP contribution in [0.5, 0.6) is 0 Å². The van der Waals surface area contributed by atoms with E-state index in [0.29, 0.717) is 47.4 Å². The minimum Gasteiger partial charge on any atom is -0.448 e. The average molecular weight is 560 g/mol. The fourth-order valence-corrected chi connectivity index (χ4v) is 5.30. The Balaban J connectivity index is 1.46. The maximum atomic E-state index is 13.7. The molecule has 0 aliphatic carbocycles. The number of thioether (sulfide) groups is 1. The Bertz CT molecular complexity index is 1440. The van der Waals surface area contributed by atoms with Crippen molar-refractivity contribution in [2.45, 2.75) is 31.5 Å². The van der Waals surface area contributed by atoms with Gasteiger partial charge >= 0.3 is 6.09 Å². The van der Waals surface area contributed by atoms with Crippen LogP contribution in [-0.4, -0.2) is 88.3 Å². The lowest BCUT2D eigenvalue weighted by molar-refractivity contribution is 0.108. The summed E-state index contributed by atoms with van der Waals surface area (Å²) in [7, 11) is 2.13. The third-order valence-corrected chi connectivity index (χ3v) is 7.88. The molecule has 2 aromatic carbocycles. The summed E-state index contributed by atoms with van der Waals surface area (Å²) in [5, 5.41) is 5.97. The number of amides is 1. The van der Waals surface area contributed by atoms with Gasteiger partial charge < -0.3 is 9.64 Å². The lowest BCUT2D eigenvalue weighted by atomic mass is 10.0. The molecule has 40 heavy (non-hydrogen) atoms. The number of anilines is 2. The van der Waals surface area contributed by atoms with E-state index in [9.17, 15) is 4.79 Å². The molecule has 0 bridgehead atoms. The van der Waals surface area contributed by atoms with E-state index in [2.05, 4.69) is 35.9 Å². The number of carbonyl (C=O) groups excluding carboxylic acids is 1. The van der Waals surface area contributed by atoms with Crippen LogP contribution in [0.2, 0.25) is 0 Å². The van der Waals surface area contributed by atoms with E-state index < -0.39 is 6.09 Å². The molecule has 0 saturated carbocycles. The molecular weight excluding hydrogens is 522 g/mol. The average Bonchev–Trinajstić information content (AvgIpc) is 3.37. The molecule has 1 aliphatic heterocycles. The van der Waals surface area contributed by atoms with Crippen LogP contribution in [0.1, 0.15) is 24.0 Å². The van der Waals surface area contributed by atoms with Gasteiger partial charge in [-0.2, -0.15) is 5.10 Å². The van der Waals surface area contributed by atoms with Gasteiger partial charge in [-0.15, -0.1) is 0 Å². The normalized spacial score (nSPS) is 15.3. The molecule has 2 aromatic heterocycles. The topological polar surface area (TPSA) is 79.6 Å². The highest BCUT2D eigenvalue weighted by Gasteiger charge is 2.27. The van der Waals surface area contributed by atoms with Crippen LogP contribution in [-0.2, 0) is 11.3 Å². The van der Waals surface area contributed by atoms with Crippen LogP contribution >= 0.6 is 11.8 Å². The first-order chi connectivity index (χ1) is 19.4. The summed E-state index contributed by atoms with van der Waals surface area (Å²) in [6.07, 6.45) is 3.23. The molecule has 1 aliphatic rings. The second kappa shape index (κ2) is 12.8. The zero-order chi connectivity index (χ0) is 28.1. The number of rotatable bonds is 9. The number of ether oxygens (including phenoxy) is 1. The van der Waals surface area contributed by atoms with E-state index in [1.807, 2.05) is 60.3 Å². The van der Waals surface area contributed by atoms with Crippen molar-refractivity contribution in [2.24, 2.45) is 0 Å². The fraction of sp³-hybridized carbons (Fsp3) is 0.400. The molecule has 0 radical (unpaired) electrons. The Hall–Kier alpha value is -3.47. The van der Waals surface area contributed by atoms with E-state index in [-0.39, 0.29) is 5.92 Å². The van der Waals surface area contributed by atoms with Crippen molar-refractivity contribution in [3.63, 3.8) is 0 Å². The number of hydrogen-bond acceptors (Lipinski definition) is 8. The molecule has 0 N–H and O–H groups in total. The Kier molecular flexibility index (Phi) is 8.98. The third kappa shape index (κ3) is 6.46. The number of carbonyl (C=O) groups is 1. The van der Waals surface area contributed by atoms with Gasteiger partial charge in [0, 0.05) is 45.2 Å². The van der Waals surface area contributed by atoms with Crippen LogP contribution in [0.3, 0.4) is 0 Å². The lowest BCUT2D eigenvalue weighted by Crippen LogP contribution is -2.45. The second-order valence-electron chi connectivity index (χ2n) is 10.3. The van der Waals surface area contributed by atoms with Gasteiger partial charge in [-0.1, -0.05) is 61.2 Å². The highest BCUT2D eigenvalue weighted by Crippen LogP contribution is 2.33. The minimum atomic E-state index is -0.461. The number of benzene rings is 2. The SMILES string of the molecule is CSc1nc(N(C(=O)OCCN2CCN(C)CC2)c2cccc(C)c2)c2cnn(CC(C)c3ccccc3)c2n1. The molecule has 10 heteroatoms. The van der Waals surface area contributed by atoms with Gasteiger partial charge in [0.15, 0.2) is 16.6 Å². The van der Waals surface area contributed by atoms with Gasteiger partial charge in [0.25, 0.3) is 0 Å². The summed E-state index contributed by atoms with van der Waals surface area (Å²) in [4.78, 5) is 29.6. The smallest absolute Gasteiger partial charge is 0.420 e. The van der Waals surface area contributed by atoms with Crippen molar-refractivity contribution in [1.82, 2.24) is 29.5 Å². The predicted octanol–water partition coefficient (Wildman–Crippen LogP) is 5.18. The summed E-state index contributed by atoms with van der Waals surface area (Å²) < 4.78 is 7.78. The number of aromatic nitrogens is 4. The quantitative estimate of drug-likeness (QED) is 0.205. The first-order valence-electron chi connectivity index (χ1n) is 13.7. The van der Waals surface area contributed by atoms with Crippen molar-refractivity contribution >= 4 is 40.4 Å². The standard InChI is InChI=1S/C30H37N7O2S/c1-22-9-8-12-25(19-22)37(30(38)39-18-17-35-15-13-34(3)14-16-35)28-26-20-31-36(27(26)32-29(33-28)40-4)21-23(2)24-10-6-5-7-11-24/h5-12,19-20,23H,13-18,21H2,1-4H3. The molecule has 0 spiro atoms. The molecule has 4 aromatic rings. The van der Waals surface area contributed by atoms with E-state index in [0.717, 1.165) is 31.7 Å². The second-order valence-corrected chi connectivity index (χ2v) is 11.1. The molecule has 1 saturated heterocycles. The number of aryl methyl sites for hydroxylation is 1. The zero-order valence-corrected chi connectivity index (χ0v) is 24.5. The number of likely N-dealkylation sites (N-methyl/N-ethyl adjacent to an activating group) is 1. The van der Waals surface area contributed by atoms with Crippen molar-refractivity contribution in [3.8, 4) is 0 Å². The monoisotopic (exact) mass is 559 g/mol. The molecular formula is C30H37N7O2S. The summed E-state index contributed by atoms with van der Waals surface area (Å²) in [5.74, 6) is 0.705. The van der Waals surface area contributed by atoms with Crippen LogP contribution in [0.15, 0.2) is 66.0 Å². The molecule has 1 atom stereocenters. The number of nitrogens with zero attached hydrogens (tertiary/aromatic N) is 7. The third-order valence-electron chi connectivity index (χ3n) is 7.34. The van der Waals surface area contributed by atoms with Crippen molar-refractivity contribution in [2.75, 3.05) is 57.5 Å². The highest BCUT2D eigenvalue weighted by atomic mass is 32.2. The maximum absolute atomic E-state index is 13.7. The lowest BCUT2D eigenvalue weighted by Gasteiger charge is -2.32. The van der Waals surface area contributed by atoms with Crippen LogP contribution in [0, 0.1) is 6.92 Å². The van der Waals surface area contributed by atoms with Gasteiger partial charge in [0.1, 0.15) is 6.61 Å². The molecule has 9 nitrogen and oxygen atoms in total. The summed E-state index contributed by atoms with van der Waals surface area (Å²) >= 11 is 1.44. The van der Waals surface area contributed by atoms with Crippen LogP contribution in [0.25, 0.3) is 11.0 Å². The zero-order valence-electron chi connectivity index (χ0n) is 23.7. The molecule has 3 heterocycles. The van der Waals surface area contributed by atoms with Gasteiger partial charge in [-0.25, -0.2) is 24.3 Å². The number of fused-ring (bicyclic) bond motifs is 1. The van der Waals surface area contributed by atoms with E-state index in [1.54, 1.807) is 11.1 Å². The van der Waals surface area contributed by atoms with Gasteiger partial charge in [0.2, 0.25) is 0 Å². The Labute approximate surface area is 240 Å². The molecule has 1 unspecified atom stereocenters. The molecule has 210 valence electrons. The van der Waals surface area contributed by atoms with Gasteiger partial charge in [0.05, 0.1) is 17.3 Å². The summed E-state index contributed by atoms with van der Waals surface area (Å²) in [6.45, 7) is 9.83. The Morgan fingerprint density at radius 2 is 1.85 bits per heavy atom.